The Morgan fingerprint density at radius 3 is 3.00 bits per heavy atom. The number of aryl methyl sites for hydroxylation is 1. The largest absolute Gasteiger partial charge is 0.354 e. The standard InChI is InChI=1S/C14H19ClN4S/c1-11-9-20-13-12(11)16-10-17-14(13)19-5-2-4-18(6-3-15)7-8-19/h9-10H,2-8H2,1H3. The summed E-state index contributed by atoms with van der Waals surface area (Å²) in [5.74, 6) is 1.81. The summed E-state index contributed by atoms with van der Waals surface area (Å²) >= 11 is 7.60. The van der Waals surface area contributed by atoms with Crippen LogP contribution < -0.4 is 4.90 Å². The van der Waals surface area contributed by atoms with Gasteiger partial charge in [0.1, 0.15) is 12.1 Å². The van der Waals surface area contributed by atoms with E-state index in [4.69, 9.17) is 11.6 Å². The molecule has 0 spiro atoms. The normalized spacial score (nSPS) is 17.6. The van der Waals surface area contributed by atoms with Gasteiger partial charge in [-0.05, 0) is 30.8 Å². The first kappa shape index (κ1) is 14.0. The summed E-state index contributed by atoms with van der Waals surface area (Å²) < 4.78 is 1.22. The second-order valence-corrected chi connectivity index (χ2v) is 6.42. The van der Waals surface area contributed by atoms with Crippen LogP contribution in [0.3, 0.4) is 0 Å². The Labute approximate surface area is 128 Å². The number of halogens is 1. The van der Waals surface area contributed by atoms with Gasteiger partial charge in [-0.1, -0.05) is 0 Å². The van der Waals surface area contributed by atoms with E-state index in [1.165, 1.54) is 10.3 Å². The monoisotopic (exact) mass is 310 g/mol. The van der Waals surface area contributed by atoms with E-state index < -0.39 is 0 Å². The summed E-state index contributed by atoms with van der Waals surface area (Å²) in [6.45, 7) is 7.35. The number of anilines is 1. The van der Waals surface area contributed by atoms with Gasteiger partial charge >= 0.3 is 0 Å². The van der Waals surface area contributed by atoms with Crippen molar-refractivity contribution >= 4 is 39.0 Å². The first-order valence-corrected chi connectivity index (χ1v) is 8.43. The maximum Gasteiger partial charge on any atom is 0.150 e. The Morgan fingerprint density at radius 2 is 2.15 bits per heavy atom. The summed E-state index contributed by atoms with van der Waals surface area (Å²) in [7, 11) is 0. The molecule has 3 heterocycles. The van der Waals surface area contributed by atoms with E-state index in [0.29, 0.717) is 5.88 Å². The molecule has 0 saturated carbocycles. The van der Waals surface area contributed by atoms with Crippen LogP contribution in [0.1, 0.15) is 12.0 Å². The van der Waals surface area contributed by atoms with E-state index >= 15 is 0 Å². The second-order valence-electron chi connectivity index (χ2n) is 5.16. The molecule has 0 N–H and O–H groups in total. The van der Waals surface area contributed by atoms with Gasteiger partial charge in [-0.15, -0.1) is 22.9 Å². The molecule has 0 atom stereocenters. The number of fused-ring (bicyclic) bond motifs is 1. The molecular formula is C14H19ClN4S. The fraction of sp³-hybridized carbons (Fsp3) is 0.571. The molecule has 108 valence electrons. The fourth-order valence-corrected chi connectivity index (χ4v) is 3.97. The molecule has 2 aromatic rings. The van der Waals surface area contributed by atoms with Crippen molar-refractivity contribution in [3.8, 4) is 0 Å². The second kappa shape index (κ2) is 6.24. The molecule has 0 bridgehead atoms. The van der Waals surface area contributed by atoms with Crippen LogP contribution in [0.5, 0.6) is 0 Å². The lowest BCUT2D eigenvalue weighted by molar-refractivity contribution is 0.311. The van der Waals surface area contributed by atoms with E-state index in [2.05, 4.69) is 32.1 Å². The van der Waals surface area contributed by atoms with Gasteiger partial charge in [0.15, 0.2) is 0 Å². The zero-order valence-electron chi connectivity index (χ0n) is 11.7. The molecule has 3 rings (SSSR count). The molecule has 0 radical (unpaired) electrons. The smallest absolute Gasteiger partial charge is 0.150 e. The topological polar surface area (TPSA) is 32.3 Å². The van der Waals surface area contributed by atoms with Gasteiger partial charge in [0.25, 0.3) is 0 Å². The molecule has 0 unspecified atom stereocenters. The van der Waals surface area contributed by atoms with Crippen molar-refractivity contribution in [2.75, 3.05) is 43.5 Å². The van der Waals surface area contributed by atoms with Gasteiger partial charge in [-0.3, -0.25) is 0 Å². The van der Waals surface area contributed by atoms with Crippen LogP contribution in [0, 0.1) is 6.92 Å². The van der Waals surface area contributed by atoms with Crippen molar-refractivity contribution in [3.63, 3.8) is 0 Å². The van der Waals surface area contributed by atoms with Crippen LogP contribution in [-0.2, 0) is 0 Å². The van der Waals surface area contributed by atoms with Crippen molar-refractivity contribution in [2.45, 2.75) is 13.3 Å². The highest BCUT2D eigenvalue weighted by Gasteiger charge is 2.18. The van der Waals surface area contributed by atoms with Gasteiger partial charge in [-0.25, -0.2) is 9.97 Å². The molecule has 2 aromatic heterocycles. The Hall–Kier alpha value is -0.910. The Morgan fingerprint density at radius 1 is 1.25 bits per heavy atom. The molecule has 1 aliphatic rings. The molecule has 1 fully saturated rings. The van der Waals surface area contributed by atoms with Crippen LogP contribution in [-0.4, -0.2) is 53.5 Å². The number of alkyl halides is 1. The van der Waals surface area contributed by atoms with Gasteiger partial charge in [0, 0.05) is 32.1 Å². The number of rotatable bonds is 3. The van der Waals surface area contributed by atoms with Crippen LogP contribution in [0.15, 0.2) is 11.7 Å². The number of aromatic nitrogens is 2. The molecule has 6 heteroatoms. The number of nitrogens with zero attached hydrogens (tertiary/aromatic N) is 4. The van der Waals surface area contributed by atoms with Crippen molar-refractivity contribution in [1.29, 1.82) is 0 Å². The van der Waals surface area contributed by atoms with Crippen LogP contribution in [0.2, 0.25) is 0 Å². The maximum absolute atomic E-state index is 5.85. The summed E-state index contributed by atoms with van der Waals surface area (Å²) in [6, 6.07) is 0. The summed E-state index contributed by atoms with van der Waals surface area (Å²) in [6.07, 6.45) is 2.85. The van der Waals surface area contributed by atoms with E-state index in [1.54, 1.807) is 17.7 Å². The summed E-state index contributed by atoms with van der Waals surface area (Å²) in [5.41, 5.74) is 2.34. The van der Waals surface area contributed by atoms with E-state index in [-0.39, 0.29) is 0 Å². The molecule has 1 aliphatic heterocycles. The lowest BCUT2D eigenvalue weighted by atomic mass is 10.3. The third kappa shape index (κ3) is 2.75. The minimum atomic E-state index is 0.710. The van der Waals surface area contributed by atoms with Crippen molar-refractivity contribution in [2.24, 2.45) is 0 Å². The lowest BCUT2D eigenvalue weighted by Gasteiger charge is -2.22. The van der Waals surface area contributed by atoms with Gasteiger partial charge in [-0.2, -0.15) is 0 Å². The highest BCUT2D eigenvalue weighted by Crippen LogP contribution is 2.31. The maximum atomic E-state index is 5.85. The minimum absolute atomic E-state index is 0.710. The number of hydrogen-bond acceptors (Lipinski definition) is 5. The predicted octanol–water partition coefficient (Wildman–Crippen LogP) is 2.75. The molecule has 4 nitrogen and oxygen atoms in total. The zero-order chi connectivity index (χ0) is 13.9. The van der Waals surface area contributed by atoms with Crippen molar-refractivity contribution in [1.82, 2.24) is 14.9 Å². The predicted molar refractivity (Wildman–Crippen MR) is 86.1 cm³/mol. The highest BCUT2D eigenvalue weighted by atomic mass is 35.5. The molecule has 0 aliphatic carbocycles. The van der Waals surface area contributed by atoms with Gasteiger partial charge in [0.2, 0.25) is 0 Å². The molecule has 20 heavy (non-hydrogen) atoms. The van der Waals surface area contributed by atoms with Crippen molar-refractivity contribution in [3.05, 3.63) is 17.3 Å². The summed E-state index contributed by atoms with van der Waals surface area (Å²) in [4.78, 5) is 13.8. The van der Waals surface area contributed by atoms with E-state index in [9.17, 15) is 0 Å². The first-order chi connectivity index (χ1) is 9.79. The third-order valence-electron chi connectivity index (χ3n) is 3.80. The SMILES string of the molecule is Cc1csc2c(N3CCCN(CCCl)CC3)ncnc12. The quantitative estimate of drug-likeness (QED) is 0.816. The molecular weight excluding hydrogens is 292 g/mol. The highest BCUT2D eigenvalue weighted by molar-refractivity contribution is 7.18. The van der Waals surface area contributed by atoms with Crippen LogP contribution in [0.4, 0.5) is 5.82 Å². The summed E-state index contributed by atoms with van der Waals surface area (Å²) in [5, 5.41) is 2.17. The first-order valence-electron chi connectivity index (χ1n) is 7.01. The van der Waals surface area contributed by atoms with Gasteiger partial charge in [0.05, 0.1) is 10.2 Å². The van der Waals surface area contributed by atoms with E-state index in [0.717, 1.165) is 50.5 Å². The molecule has 1 saturated heterocycles. The third-order valence-corrected chi connectivity index (χ3v) is 5.05. The minimum Gasteiger partial charge on any atom is -0.354 e. The molecule has 0 amide bonds. The average Bonchev–Trinajstić information content (AvgIpc) is 2.70. The average molecular weight is 311 g/mol. The number of thiophene rings is 1. The number of hydrogen-bond donors (Lipinski definition) is 0. The lowest BCUT2D eigenvalue weighted by Crippen LogP contribution is -2.32. The van der Waals surface area contributed by atoms with Crippen LogP contribution >= 0.6 is 22.9 Å². The van der Waals surface area contributed by atoms with Gasteiger partial charge < -0.3 is 9.80 Å². The fourth-order valence-electron chi connectivity index (χ4n) is 2.71. The zero-order valence-corrected chi connectivity index (χ0v) is 13.3. The Kier molecular flexibility index (Phi) is 4.38. The van der Waals surface area contributed by atoms with Crippen molar-refractivity contribution < 1.29 is 0 Å². The Bertz CT molecular complexity index is 586. The van der Waals surface area contributed by atoms with Crippen LogP contribution in [0.25, 0.3) is 10.2 Å². The van der Waals surface area contributed by atoms with E-state index in [1.807, 2.05) is 0 Å². The Balaban J connectivity index is 1.84. The molecule has 0 aromatic carbocycles.